The van der Waals surface area contributed by atoms with E-state index in [9.17, 15) is 19.5 Å². The molecular formula is C48H72ClN3O5. The van der Waals surface area contributed by atoms with Crippen molar-refractivity contribution in [3.63, 3.8) is 0 Å². The van der Waals surface area contributed by atoms with Gasteiger partial charge in [-0.1, -0.05) is 64.3 Å². The van der Waals surface area contributed by atoms with Crippen molar-refractivity contribution < 1.29 is 24.2 Å². The summed E-state index contributed by atoms with van der Waals surface area (Å²) in [6.07, 6.45) is 13.4. The molecule has 9 heteroatoms. The first-order valence-corrected chi connectivity index (χ1v) is 22.3. The minimum Gasteiger partial charge on any atom is -0.481 e. The molecule has 1 aromatic rings. The maximum absolute atomic E-state index is 13.2. The fourth-order valence-electron chi connectivity index (χ4n) is 13.7. The molecule has 4 fully saturated rings. The molecule has 8 nitrogen and oxygen atoms in total. The highest BCUT2D eigenvalue weighted by molar-refractivity contribution is 6.30. The number of likely N-dealkylation sites (N-methyl/N-ethyl adjacent to an activating group) is 1. The van der Waals surface area contributed by atoms with Crippen molar-refractivity contribution in [3.8, 4) is 0 Å². The van der Waals surface area contributed by atoms with E-state index in [2.05, 4.69) is 89.7 Å². The van der Waals surface area contributed by atoms with E-state index in [1.807, 2.05) is 18.2 Å². The number of carbonyl (C=O) groups is 3. The zero-order valence-electron chi connectivity index (χ0n) is 36.9. The van der Waals surface area contributed by atoms with Gasteiger partial charge >= 0.3 is 11.9 Å². The summed E-state index contributed by atoms with van der Waals surface area (Å²) in [4.78, 5) is 40.0. The number of ether oxygens (including phenoxy) is 1. The van der Waals surface area contributed by atoms with Crippen LogP contribution in [0.1, 0.15) is 126 Å². The third-order valence-corrected chi connectivity index (χ3v) is 16.8. The number of hydrogen-bond acceptors (Lipinski definition) is 7. The number of benzene rings is 1. The highest BCUT2D eigenvalue weighted by Gasteiger charge is 2.66. The lowest BCUT2D eigenvalue weighted by atomic mass is 9.36. The van der Waals surface area contributed by atoms with E-state index in [1.54, 1.807) is 25.0 Å². The lowest BCUT2D eigenvalue weighted by Crippen LogP contribution is -2.63. The quantitative estimate of drug-likeness (QED) is 0.0693. The van der Waals surface area contributed by atoms with Crippen LogP contribution in [0.5, 0.6) is 0 Å². The molecule has 0 amide bonds. The second-order valence-corrected chi connectivity index (χ2v) is 21.4. The van der Waals surface area contributed by atoms with Gasteiger partial charge in [0.05, 0.1) is 24.1 Å². The molecule has 8 unspecified atom stereocenters. The molecule has 1 aromatic carbocycles. The van der Waals surface area contributed by atoms with Gasteiger partial charge in [0.2, 0.25) is 0 Å². The van der Waals surface area contributed by atoms with Gasteiger partial charge in [-0.05, 0) is 163 Å². The maximum atomic E-state index is 13.2. The Labute approximate surface area is 348 Å². The van der Waals surface area contributed by atoms with Crippen molar-refractivity contribution in [2.24, 2.45) is 56.7 Å². The SMILES string of the molecule is CC(C)C1=C2C3CCC4C(C)(CCC5C(C)(C)C(OC(=O)CC(C)(C)C(=O)O)CCC54C)C3CCC2(/C(=C/C=O)N(CCN(C)C)N(C)c2ccc(Cl)cc2)CC1. The molecule has 0 bridgehead atoms. The van der Waals surface area contributed by atoms with Gasteiger partial charge in [-0.15, -0.1) is 0 Å². The summed E-state index contributed by atoms with van der Waals surface area (Å²) in [6, 6.07) is 8.03. The smallest absolute Gasteiger partial charge is 0.309 e. The van der Waals surface area contributed by atoms with Gasteiger partial charge in [-0.3, -0.25) is 24.4 Å². The third kappa shape index (κ3) is 7.62. The number of aldehydes is 1. The van der Waals surface area contributed by atoms with Crippen LogP contribution in [0, 0.1) is 56.7 Å². The van der Waals surface area contributed by atoms with Crippen molar-refractivity contribution >= 4 is 35.5 Å². The molecule has 5 aliphatic carbocycles. The average Bonchev–Trinajstić information content (AvgIpc) is 3.53. The Morgan fingerprint density at radius 3 is 2.19 bits per heavy atom. The number of rotatable bonds is 13. The Bertz CT molecular complexity index is 1750. The number of halogens is 1. The number of esters is 1. The maximum Gasteiger partial charge on any atom is 0.309 e. The summed E-state index contributed by atoms with van der Waals surface area (Å²) in [5.41, 5.74) is 4.21. The van der Waals surface area contributed by atoms with Crippen LogP contribution >= 0.6 is 11.6 Å². The highest BCUT2D eigenvalue weighted by Crippen LogP contribution is 2.74. The fourth-order valence-corrected chi connectivity index (χ4v) is 13.8. The van der Waals surface area contributed by atoms with Crippen molar-refractivity contribution in [1.29, 1.82) is 0 Å². The van der Waals surface area contributed by atoms with Crippen molar-refractivity contribution in [2.75, 3.05) is 39.2 Å². The monoisotopic (exact) mass is 806 g/mol. The van der Waals surface area contributed by atoms with Gasteiger partial charge in [0, 0.05) is 35.1 Å². The predicted molar refractivity (Wildman–Crippen MR) is 230 cm³/mol. The number of fused-ring (bicyclic) bond motifs is 7. The molecule has 4 saturated carbocycles. The van der Waals surface area contributed by atoms with E-state index < -0.39 is 17.4 Å². The molecular weight excluding hydrogens is 734 g/mol. The number of carbonyl (C=O) groups excluding carboxylic acids is 2. The topological polar surface area (TPSA) is 90.4 Å². The Morgan fingerprint density at radius 2 is 1.58 bits per heavy atom. The number of nitrogens with zero attached hydrogens (tertiary/aromatic N) is 3. The second kappa shape index (κ2) is 16.0. The van der Waals surface area contributed by atoms with Crippen molar-refractivity contribution in [2.45, 2.75) is 132 Å². The van der Waals surface area contributed by atoms with E-state index in [-0.39, 0.29) is 34.2 Å². The zero-order chi connectivity index (χ0) is 41.9. The average molecular weight is 807 g/mol. The zero-order valence-corrected chi connectivity index (χ0v) is 37.7. The standard InChI is InChI=1S/C48H72ClN3O5/c1-31(2)34-18-25-48(39(22-29-53)52(28-27-50(9)10)51(11)33-14-12-32(49)13-15-33)26-19-36-35(42(34)48)16-17-38-46(36,7)23-20-37-45(5,6)40(21-24-47(37,38)8)57-41(54)30-44(3,4)43(55)56/h12-15,22,29,31,35-38,40H,16-21,23-28,30H2,1-11H3,(H,55,56)/b39-22-. The number of hydrazine groups is 1. The van der Waals surface area contributed by atoms with Crippen molar-refractivity contribution in [3.05, 3.63) is 52.2 Å². The summed E-state index contributed by atoms with van der Waals surface area (Å²) >= 11 is 6.35. The number of aliphatic carboxylic acids is 1. The fraction of sp³-hybridized carbons (Fsp3) is 0.729. The Balaban J connectivity index is 1.32. The van der Waals surface area contributed by atoms with Crippen LogP contribution in [0.4, 0.5) is 5.69 Å². The van der Waals surface area contributed by atoms with Crippen LogP contribution in [0.15, 0.2) is 47.2 Å². The van der Waals surface area contributed by atoms with Crippen LogP contribution in [0.3, 0.4) is 0 Å². The van der Waals surface area contributed by atoms with E-state index in [1.165, 1.54) is 12.8 Å². The van der Waals surface area contributed by atoms with Gasteiger partial charge < -0.3 is 14.7 Å². The molecule has 0 aromatic heterocycles. The van der Waals surface area contributed by atoms with Gasteiger partial charge in [0.25, 0.3) is 0 Å². The normalized spacial score (nSPS) is 33.6. The van der Waals surface area contributed by atoms with Crippen LogP contribution in [0.25, 0.3) is 0 Å². The molecule has 316 valence electrons. The van der Waals surface area contributed by atoms with E-state index in [0.29, 0.717) is 34.6 Å². The lowest BCUT2D eigenvalue weighted by molar-refractivity contribution is -0.213. The molecule has 5 aliphatic rings. The third-order valence-electron chi connectivity index (χ3n) is 16.5. The molecule has 0 radical (unpaired) electrons. The molecule has 8 atom stereocenters. The van der Waals surface area contributed by atoms with Crippen LogP contribution in [-0.4, -0.2) is 73.6 Å². The number of allylic oxidation sites excluding steroid dienone is 3. The van der Waals surface area contributed by atoms with Gasteiger partial charge in [0.1, 0.15) is 12.4 Å². The Hall–Kier alpha value is -2.84. The van der Waals surface area contributed by atoms with Crippen LogP contribution in [-0.2, 0) is 19.1 Å². The molecule has 0 aliphatic heterocycles. The van der Waals surface area contributed by atoms with Gasteiger partial charge in [-0.25, -0.2) is 0 Å². The first-order chi connectivity index (χ1) is 26.6. The molecule has 0 spiro atoms. The predicted octanol–water partition coefficient (Wildman–Crippen LogP) is 10.5. The minimum absolute atomic E-state index is 0.120. The number of carboxylic acid groups (broad SMARTS) is 1. The Morgan fingerprint density at radius 1 is 0.912 bits per heavy atom. The number of hydrogen-bond donors (Lipinski definition) is 1. The molecule has 1 N–H and O–H groups in total. The summed E-state index contributed by atoms with van der Waals surface area (Å²) < 4.78 is 6.21. The first-order valence-electron chi connectivity index (χ1n) is 21.9. The van der Waals surface area contributed by atoms with Crippen molar-refractivity contribution in [1.82, 2.24) is 9.91 Å². The molecule has 57 heavy (non-hydrogen) atoms. The number of anilines is 1. The lowest BCUT2D eigenvalue weighted by Gasteiger charge is -2.69. The molecule has 0 heterocycles. The second-order valence-electron chi connectivity index (χ2n) is 21.0. The van der Waals surface area contributed by atoms with E-state index >= 15 is 0 Å². The highest BCUT2D eigenvalue weighted by atomic mass is 35.5. The van der Waals surface area contributed by atoms with Gasteiger partial charge in [-0.2, -0.15) is 0 Å². The summed E-state index contributed by atoms with van der Waals surface area (Å²) in [5, 5.41) is 15.0. The minimum atomic E-state index is -1.15. The summed E-state index contributed by atoms with van der Waals surface area (Å²) in [6.45, 7) is 19.4. The largest absolute Gasteiger partial charge is 0.481 e. The van der Waals surface area contributed by atoms with E-state index in [4.69, 9.17) is 16.3 Å². The summed E-state index contributed by atoms with van der Waals surface area (Å²) in [5.74, 6) is 1.10. The van der Waals surface area contributed by atoms with E-state index in [0.717, 1.165) is 82.1 Å². The number of carboxylic acids is 1. The summed E-state index contributed by atoms with van der Waals surface area (Å²) in [7, 11) is 6.35. The van der Waals surface area contributed by atoms with Gasteiger partial charge in [0.15, 0.2) is 0 Å². The van der Waals surface area contributed by atoms with Crippen LogP contribution < -0.4 is 5.01 Å². The molecule has 6 rings (SSSR count). The van der Waals surface area contributed by atoms with Crippen LogP contribution in [0.2, 0.25) is 5.02 Å². The Kier molecular flexibility index (Phi) is 12.3. The first kappa shape index (κ1) is 43.7. The molecule has 0 saturated heterocycles.